The summed E-state index contributed by atoms with van der Waals surface area (Å²) in [7, 11) is 0. The van der Waals surface area contributed by atoms with Crippen molar-refractivity contribution in [1.82, 2.24) is 15.2 Å². The Balaban J connectivity index is 1.55. The first kappa shape index (κ1) is 21.0. The molecule has 1 saturated heterocycles. The highest BCUT2D eigenvalue weighted by atomic mass is 32.1. The molecule has 2 aromatic rings. The van der Waals surface area contributed by atoms with Gasteiger partial charge in [-0.2, -0.15) is 0 Å². The number of nitrogens with zero attached hydrogens (tertiary/aromatic N) is 2. The fourth-order valence-electron chi connectivity index (χ4n) is 3.90. The normalized spacial score (nSPS) is 21.2. The first-order valence-corrected chi connectivity index (χ1v) is 11.4. The van der Waals surface area contributed by atoms with E-state index in [1.807, 2.05) is 22.9 Å². The van der Waals surface area contributed by atoms with Crippen molar-refractivity contribution in [2.75, 3.05) is 18.4 Å². The Labute approximate surface area is 174 Å². The Kier molecular flexibility index (Phi) is 7.20. The molecule has 0 aromatic carbocycles. The number of thiazole rings is 1. The highest BCUT2D eigenvalue weighted by Crippen LogP contribution is 2.25. The van der Waals surface area contributed by atoms with Crippen LogP contribution in [0.4, 0.5) is 5.13 Å². The first-order chi connectivity index (χ1) is 13.4. The number of piperidine rings is 1. The number of amides is 2. The predicted octanol–water partition coefficient (Wildman–Crippen LogP) is 3.89. The number of aromatic nitrogens is 1. The summed E-state index contributed by atoms with van der Waals surface area (Å²) in [4.78, 5) is 32.0. The lowest BCUT2D eigenvalue weighted by Crippen LogP contribution is -2.38. The third-order valence-corrected chi connectivity index (χ3v) is 6.57. The van der Waals surface area contributed by atoms with Gasteiger partial charge in [0, 0.05) is 36.8 Å². The zero-order valence-corrected chi connectivity index (χ0v) is 18.2. The van der Waals surface area contributed by atoms with E-state index in [1.54, 1.807) is 0 Å². The number of likely N-dealkylation sites (tertiary alicyclic amines) is 1. The summed E-state index contributed by atoms with van der Waals surface area (Å²) in [6.45, 7) is 9.09. The van der Waals surface area contributed by atoms with Gasteiger partial charge in [0.15, 0.2) is 5.13 Å². The summed E-state index contributed by atoms with van der Waals surface area (Å²) >= 11 is 2.98. The number of nitrogens with one attached hydrogen (secondary N) is 2. The van der Waals surface area contributed by atoms with Gasteiger partial charge >= 0.3 is 0 Å². The van der Waals surface area contributed by atoms with E-state index in [2.05, 4.69) is 34.4 Å². The molecule has 2 amide bonds. The van der Waals surface area contributed by atoms with Gasteiger partial charge in [-0.15, -0.1) is 22.7 Å². The zero-order chi connectivity index (χ0) is 20.1. The van der Waals surface area contributed by atoms with Gasteiger partial charge in [-0.1, -0.05) is 19.9 Å². The van der Waals surface area contributed by atoms with E-state index < -0.39 is 0 Å². The van der Waals surface area contributed by atoms with Crippen LogP contribution in [0, 0.1) is 11.8 Å². The van der Waals surface area contributed by atoms with Crippen molar-refractivity contribution in [3.8, 4) is 0 Å². The minimum atomic E-state index is -0.312. The number of hydrogen-bond donors (Lipinski definition) is 2. The molecule has 2 N–H and O–H groups in total. The van der Waals surface area contributed by atoms with Crippen LogP contribution in [0.25, 0.3) is 0 Å². The predicted molar refractivity (Wildman–Crippen MR) is 114 cm³/mol. The van der Waals surface area contributed by atoms with E-state index in [4.69, 9.17) is 0 Å². The van der Waals surface area contributed by atoms with Gasteiger partial charge in [0.25, 0.3) is 0 Å². The molecule has 6 nitrogen and oxygen atoms in total. The Morgan fingerprint density at radius 3 is 2.68 bits per heavy atom. The summed E-state index contributed by atoms with van der Waals surface area (Å²) in [5.74, 6) is 1.13. The number of anilines is 1. The van der Waals surface area contributed by atoms with Gasteiger partial charge < -0.3 is 10.6 Å². The number of carbonyl (C=O) groups is 2. The maximum atomic E-state index is 12.5. The molecule has 0 saturated carbocycles. The SMILES string of the molecule is CC(=O)N[C@H](CC(=O)Nc1nc(CN2C[C@@H](C)C[C@H](C)C2)cs1)c1cccs1. The number of rotatable bonds is 7. The fourth-order valence-corrected chi connectivity index (χ4v) is 5.40. The molecule has 28 heavy (non-hydrogen) atoms. The number of thiophene rings is 1. The summed E-state index contributed by atoms with van der Waals surface area (Å²) < 4.78 is 0. The van der Waals surface area contributed by atoms with Crippen LogP contribution in [0.1, 0.15) is 50.2 Å². The van der Waals surface area contributed by atoms with Gasteiger partial charge in [0.05, 0.1) is 18.2 Å². The lowest BCUT2D eigenvalue weighted by molar-refractivity contribution is -0.120. The van der Waals surface area contributed by atoms with E-state index in [9.17, 15) is 9.59 Å². The maximum absolute atomic E-state index is 12.5. The fraction of sp³-hybridized carbons (Fsp3) is 0.550. The van der Waals surface area contributed by atoms with E-state index in [0.717, 1.165) is 30.2 Å². The van der Waals surface area contributed by atoms with Crippen molar-refractivity contribution in [3.05, 3.63) is 33.5 Å². The molecule has 2 aromatic heterocycles. The third-order valence-electron chi connectivity index (χ3n) is 4.78. The molecular weight excluding hydrogens is 392 g/mol. The average molecular weight is 421 g/mol. The molecule has 0 aliphatic carbocycles. The van der Waals surface area contributed by atoms with Crippen LogP contribution in [0.5, 0.6) is 0 Å². The largest absolute Gasteiger partial charge is 0.348 e. The van der Waals surface area contributed by atoms with E-state index in [1.165, 1.54) is 36.0 Å². The average Bonchev–Trinajstić information content (AvgIpc) is 3.25. The molecule has 8 heteroatoms. The van der Waals surface area contributed by atoms with Crippen molar-refractivity contribution in [2.24, 2.45) is 11.8 Å². The third kappa shape index (κ3) is 6.12. The maximum Gasteiger partial charge on any atom is 0.228 e. The molecular formula is C20H28N4O2S2. The topological polar surface area (TPSA) is 74.3 Å². The standard InChI is InChI=1S/C20H28N4O2S2/c1-13-7-14(2)10-24(9-13)11-16-12-28-20(22-16)23-19(26)8-17(21-15(3)25)18-5-4-6-27-18/h4-6,12-14,17H,7-11H2,1-3H3,(H,21,25)(H,22,23,26)/t13-,14-,17+/m0/s1. The molecule has 1 aliphatic heterocycles. The highest BCUT2D eigenvalue weighted by Gasteiger charge is 2.23. The Bertz CT molecular complexity index is 780. The molecule has 0 radical (unpaired) electrons. The van der Waals surface area contributed by atoms with Gasteiger partial charge in [-0.3, -0.25) is 14.5 Å². The monoisotopic (exact) mass is 420 g/mol. The van der Waals surface area contributed by atoms with Gasteiger partial charge in [-0.05, 0) is 29.7 Å². The van der Waals surface area contributed by atoms with Crippen LogP contribution in [-0.2, 0) is 16.1 Å². The first-order valence-electron chi connectivity index (χ1n) is 9.66. The van der Waals surface area contributed by atoms with E-state index in [-0.39, 0.29) is 24.3 Å². The van der Waals surface area contributed by atoms with Crippen LogP contribution in [0.2, 0.25) is 0 Å². The highest BCUT2D eigenvalue weighted by molar-refractivity contribution is 7.14. The molecule has 0 unspecified atom stereocenters. The lowest BCUT2D eigenvalue weighted by Gasteiger charge is -2.34. The lowest BCUT2D eigenvalue weighted by atomic mass is 9.92. The second-order valence-corrected chi connectivity index (χ2v) is 9.64. The van der Waals surface area contributed by atoms with Gasteiger partial charge in [0.1, 0.15) is 0 Å². The van der Waals surface area contributed by atoms with E-state index in [0.29, 0.717) is 17.0 Å². The van der Waals surface area contributed by atoms with Crippen LogP contribution in [0.3, 0.4) is 0 Å². The van der Waals surface area contributed by atoms with Crippen LogP contribution >= 0.6 is 22.7 Å². The molecule has 152 valence electrons. The summed E-state index contributed by atoms with van der Waals surface area (Å²) in [5, 5.41) is 10.3. The molecule has 3 atom stereocenters. The molecule has 3 heterocycles. The van der Waals surface area contributed by atoms with Gasteiger partial charge in [-0.25, -0.2) is 4.98 Å². The smallest absolute Gasteiger partial charge is 0.228 e. The van der Waals surface area contributed by atoms with Crippen molar-refractivity contribution < 1.29 is 9.59 Å². The van der Waals surface area contributed by atoms with Crippen LogP contribution in [0.15, 0.2) is 22.9 Å². The number of hydrogen-bond acceptors (Lipinski definition) is 6. The quantitative estimate of drug-likeness (QED) is 0.713. The molecule has 1 aliphatic rings. The van der Waals surface area contributed by atoms with Crippen molar-refractivity contribution in [2.45, 2.75) is 46.2 Å². The van der Waals surface area contributed by atoms with E-state index >= 15 is 0 Å². The summed E-state index contributed by atoms with van der Waals surface area (Å²) in [6.07, 6.45) is 1.48. The molecule has 3 rings (SSSR count). The molecule has 0 spiro atoms. The molecule has 1 fully saturated rings. The minimum Gasteiger partial charge on any atom is -0.348 e. The van der Waals surface area contributed by atoms with Crippen molar-refractivity contribution in [1.29, 1.82) is 0 Å². The van der Waals surface area contributed by atoms with Gasteiger partial charge in [0.2, 0.25) is 11.8 Å². The Morgan fingerprint density at radius 2 is 2.04 bits per heavy atom. The zero-order valence-electron chi connectivity index (χ0n) is 16.6. The number of carbonyl (C=O) groups excluding carboxylic acids is 2. The summed E-state index contributed by atoms with van der Waals surface area (Å²) in [6, 6.07) is 3.54. The molecule has 0 bridgehead atoms. The van der Waals surface area contributed by atoms with Crippen LogP contribution < -0.4 is 10.6 Å². The second-order valence-electron chi connectivity index (χ2n) is 7.80. The van der Waals surface area contributed by atoms with Crippen LogP contribution in [-0.4, -0.2) is 34.8 Å². The van der Waals surface area contributed by atoms with Crippen molar-refractivity contribution in [3.63, 3.8) is 0 Å². The van der Waals surface area contributed by atoms with Crippen molar-refractivity contribution >= 4 is 39.6 Å². The Hall–Kier alpha value is -1.77. The second kappa shape index (κ2) is 9.62. The summed E-state index contributed by atoms with van der Waals surface area (Å²) in [5.41, 5.74) is 0.998. The minimum absolute atomic E-state index is 0.145. The Morgan fingerprint density at radius 1 is 1.29 bits per heavy atom.